The standard InChI is InChI=1S/C12H11N3O2S/c16-12(15-17)7-1-2-9-10(5-7)14-11(13-9)8-3-4-18-6-8/h1-6,11,13-14,17H,(H,15,16). The summed E-state index contributed by atoms with van der Waals surface area (Å²) < 4.78 is 0. The van der Waals surface area contributed by atoms with Crippen LogP contribution in [0.2, 0.25) is 0 Å². The Labute approximate surface area is 107 Å². The molecule has 1 aromatic carbocycles. The van der Waals surface area contributed by atoms with Crippen molar-refractivity contribution in [2.45, 2.75) is 6.17 Å². The summed E-state index contributed by atoms with van der Waals surface area (Å²) in [5.74, 6) is -0.515. The van der Waals surface area contributed by atoms with Crippen LogP contribution < -0.4 is 16.1 Å². The third-order valence-electron chi connectivity index (χ3n) is 2.86. The molecule has 0 aliphatic carbocycles. The van der Waals surface area contributed by atoms with Gasteiger partial charge in [-0.05, 0) is 35.0 Å². The first kappa shape index (κ1) is 11.1. The van der Waals surface area contributed by atoms with Crippen molar-refractivity contribution in [1.29, 1.82) is 0 Å². The summed E-state index contributed by atoms with van der Waals surface area (Å²) in [7, 11) is 0. The van der Waals surface area contributed by atoms with Crippen LogP contribution >= 0.6 is 11.3 Å². The van der Waals surface area contributed by atoms with Crippen molar-refractivity contribution in [3.8, 4) is 0 Å². The second-order valence-electron chi connectivity index (χ2n) is 3.98. The highest BCUT2D eigenvalue weighted by atomic mass is 32.1. The van der Waals surface area contributed by atoms with Gasteiger partial charge in [0.15, 0.2) is 0 Å². The Balaban J connectivity index is 1.87. The van der Waals surface area contributed by atoms with E-state index in [4.69, 9.17) is 5.21 Å². The van der Waals surface area contributed by atoms with E-state index in [2.05, 4.69) is 16.0 Å². The highest BCUT2D eigenvalue weighted by molar-refractivity contribution is 7.08. The molecule has 1 atom stereocenters. The lowest BCUT2D eigenvalue weighted by Crippen LogP contribution is -2.18. The summed E-state index contributed by atoms with van der Waals surface area (Å²) >= 11 is 1.64. The van der Waals surface area contributed by atoms with E-state index in [-0.39, 0.29) is 6.17 Å². The summed E-state index contributed by atoms with van der Waals surface area (Å²) in [5.41, 5.74) is 5.00. The Kier molecular flexibility index (Phi) is 2.66. The number of benzene rings is 1. The summed E-state index contributed by atoms with van der Waals surface area (Å²) in [5, 5.41) is 19.3. The lowest BCUT2D eigenvalue weighted by Gasteiger charge is -2.09. The normalized spacial score (nSPS) is 16.6. The molecule has 1 aliphatic rings. The maximum Gasteiger partial charge on any atom is 0.274 e. The molecule has 6 heteroatoms. The highest BCUT2D eigenvalue weighted by Gasteiger charge is 2.22. The Hall–Kier alpha value is -2.05. The molecular formula is C12H11N3O2S. The van der Waals surface area contributed by atoms with Crippen molar-refractivity contribution in [3.05, 3.63) is 46.2 Å². The van der Waals surface area contributed by atoms with Gasteiger partial charge in [-0.25, -0.2) is 5.48 Å². The molecule has 1 unspecified atom stereocenters. The van der Waals surface area contributed by atoms with Gasteiger partial charge in [0.1, 0.15) is 6.17 Å². The van der Waals surface area contributed by atoms with E-state index in [1.807, 2.05) is 17.5 Å². The van der Waals surface area contributed by atoms with Crippen LogP contribution in [0, 0.1) is 0 Å². The number of carbonyl (C=O) groups is 1. The van der Waals surface area contributed by atoms with E-state index in [0.717, 1.165) is 16.9 Å². The largest absolute Gasteiger partial charge is 0.360 e. The summed E-state index contributed by atoms with van der Waals surface area (Å²) in [6, 6.07) is 7.23. The van der Waals surface area contributed by atoms with E-state index in [1.54, 1.807) is 28.9 Å². The van der Waals surface area contributed by atoms with Gasteiger partial charge in [-0.2, -0.15) is 11.3 Å². The SMILES string of the molecule is O=C(NO)c1ccc2c(c1)NC(c1ccsc1)N2. The second-order valence-corrected chi connectivity index (χ2v) is 4.76. The Morgan fingerprint density at radius 1 is 1.28 bits per heavy atom. The molecule has 0 bridgehead atoms. The topological polar surface area (TPSA) is 73.4 Å². The molecule has 0 radical (unpaired) electrons. The van der Waals surface area contributed by atoms with E-state index in [0.29, 0.717) is 5.56 Å². The predicted molar refractivity (Wildman–Crippen MR) is 70.0 cm³/mol. The van der Waals surface area contributed by atoms with E-state index in [9.17, 15) is 4.79 Å². The van der Waals surface area contributed by atoms with Gasteiger partial charge in [-0.15, -0.1) is 0 Å². The quantitative estimate of drug-likeness (QED) is 0.495. The molecule has 0 saturated heterocycles. The van der Waals surface area contributed by atoms with Gasteiger partial charge in [0.2, 0.25) is 0 Å². The van der Waals surface area contributed by atoms with E-state index >= 15 is 0 Å². The number of hydrogen-bond acceptors (Lipinski definition) is 5. The van der Waals surface area contributed by atoms with Gasteiger partial charge in [0.25, 0.3) is 5.91 Å². The van der Waals surface area contributed by atoms with Gasteiger partial charge in [0.05, 0.1) is 11.4 Å². The fraction of sp³-hybridized carbons (Fsp3) is 0.0833. The highest BCUT2D eigenvalue weighted by Crippen LogP contribution is 2.36. The Morgan fingerprint density at radius 2 is 2.11 bits per heavy atom. The van der Waals surface area contributed by atoms with Gasteiger partial charge in [0, 0.05) is 11.1 Å². The predicted octanol–water partition coefficient (Wildman–Crippen LogP) is 2.40. The molecule has 4 N–H and O–H groups in total. The number of anilines is 2. The van der Waals surface area contributed by atoms with Crippen LogP contribution in [0.3, 0.4) is 0 Å². The minimum absolute atomic E-state index is 0.0266. The molecule has 0 saturated carbocycles. The van der Waals surface area contributed by atoms with Crippen molar-refractivity contribution >= 4 is 28.6 Å². The van der Waals surface area contributed by atoms with Gasteiger partial charge in [-0.3, -0.25) is 10.0 Å². The lowest BCUT2D eigenvalue weighted by molar-refractivity contribution is 0.0706. The first-order valence-electron chi connectivity index (χ1n) is 5.41. The number of thiophene rings is 1. The minimum Gasteiger partial charge on any atom is -0.360 e. The summed E-state index contributed by atoms with van der Waals surface area (Å²) in [4.78, 5) is 11.3. The van der Waals surface area contributed by atoms with Crippen LogP contribution in [0.5, 0.6) is 0 Å². The number of hydroxylamine groups is 1. The molecule has 1 aromatic heterocycles. The first-order valence-corrected chi connectivity index (χ1v) is 6.36. The molecule has 1 amide bonds. The molecule has 18 heavy (non-hydrogen) atoms. The smallest absolute Gasteiger partial charge is 0.274 e. The van der Waals surface area contributed by atoms with Gasteiger partial charge < -0.3 is 10.6 Å². The lowest BCUT2D eigenvalue weighted by atomic mass is 10.1. The molecule has 2 aromatic rings. The molecule has 92 valence electrons. The van der Waals surface area contributed by atoms with Gasteiger partial charge >= 0.3 is 0 Å². The third kappa shape index (κ3) is 1.81. The maximum atomic E-state index is 11.3. The number of nitrogens with one attached hydrogen (secondary N) is 3. The number of amides is 1. The van der Waals surface area contributed by atoms with Crippen LogP contribution in [0.4, 0.5) is 11.4 Å². The van der Waals surface area contributed by atoms with Crippen molar-refractivity contribution < 1.29 is 10.0 Å². The Morgan fingerprint density at radius 3 is 2.83 bits per heavy atom. The van der Waals surface area contributed by atoms with Crippen molar-refractivity contribution in [1.82, 2.24) is 5.48 Å². The molecule has 3 rings (SSSR count). The molecular weight excluding hydrogens is 250 g/mol. The zero-order valence-electron chi connectivity index (χ0n) is 9.31. The molecule has 0 spiro atoms. The monoisotopic (exact) mass is 261 g/mol. The molecule has 5 nitrogen and oxygen atoms in total. The maximum absolute atomic E-state index is 11.3. The fourth-order valence-corrected chi connectivity index (χ4v) is 2.63. The van der Waals surface area contributed by atoms with Crippen LogP contribution in [0.15, 0.2) is 35.0 Å². The van der Waals surface area contributed by atoms with Crippen LogP contribution in [0.25, 0.3) is 0 Å². The number of hydrogen-bond donors (Lipinski definition) is 4. The number of rotatable bonds is 2. The average Bonchev–Trinajstić information content (AvgIpc) is 3.04. The zero-order valence-corrected chi connectivity index (χ0v) is 10.1. The van der Waals surface area contributed by atoms with Crippen LogP contribution in [0.1, 0.15) is 22.1 Å². The van der Waals surface area contributed by atoms with E-state index in [1.165, 1.54) is 0 Å². The van der Waals surface area contributed by atoms with Gasteiger partial charge in [-0.1, -0.05) is 0 Å². The van der Waals surface area contributed by atoms with Crippen molar-refractivity contribution in [2.24, 2.45) is 0 Å². The number of fused-ring (bicyclic) bond motifs is 1. The zero-order chi connectivity index (χ0) is 12.5. The van der Waals surface area contributed by atoms with Crippen molar-refractivity contribution in [2.75, 3.05) is 10.6 Å². The first-order chi connectivity index (χ1) is 8.78. The summed E-state index contributed by atoms with van der Waals surface area (Å²) in [6.07, 6.45) is 0.0266. The average molecular weight is 261 g/mol. The third-order valence-corrected chi connectivity index (χ3v) is 3.56. The molecule has 1 aliphatic heterocycles. The second kappa shape index (κ2) is 4.32. The molecule has 2 heterocycles. The van der Waals surface area contributed by atoms with Crippen LogP contribution in [-0.2, 0) is 0 Å². The van der Waals surface area contributed by atoms with Crippen LogP contribution in [-0.4, -0.2) is 11.1 Å². The number of carbonyl (C=O) groups excluding carboxylic acids is 1. The minimum atomic E-state index is -0.515. The fourth-order valence-electron chi connectivity index (χ4n) is 1.95. The van der Waals surface area contributed by atoms with Crippen molar-refractivity contribution in [3.63, 3.8) is 0 Å². The van der Waals surface area contributed by atoms with E-state index < -0.39 is 5.91 Å². The summed E-state index contributed by atoms with van der Waals surface area (Å²) in [6.45, 7) is 0. The molecule has 0 fully saturated rings. The Bertz CT molecular complexity index is 583.